The third-order valence-corrected chi connectivity index (χ3v) is 13.8. The summed E-state index contributed by atoms with van der Waals surface area (Å²) in [4.78, 5) is 100. The molecule has 4 atom stereocenters. The monoisotopic (exact) mass is 1170 g/mol. The highest BCUT2D eigenvalue weighted by Gasteiger charge is 2.51. The third kappa shape index (κ3) is 14.8. The first-order chi connectivity index (χ1) is 41.7. The lowest BCUT2D eigenvalue weighted by Crippen LogP contribution is -2.36. The van der Waals surface area contributed by atoms with Crippen molar-refractivity contribution in [3.8, 4) is 23.0 Å². The molecule has 0 aliphatic carbocycles. The summed E-state index contributed by atoms with van der Waals surface area (Å²) in [5, 5.41) is 5.55. The van der Waals surface area contributed by atoms with E-state index in [1.54, 1.807) is 146 Å². The molecule has 0 N–H and O–H groups in total. The lowest BCUT2D eigenvalue weighted by molar-refractivity contribution is -0.138. The second kappa shape index (κ2) is 27.3. The van der Waals surface area contributed by atoms with Gasteiger partial charge in [-0.2, -0.15) is 0 Å². The average molecular weight is 1170 g/mol. The predicted molar refractivity (Wildman–Crippen MR) is 308 cm³/mol. The third-order valence-electron chi connectivity index (χ3n) is 13.8. The highest BCUT2D eigenvalue weighted by atomic mass is 16.7. The fraction of sp³-hybridized carbons (Fsp3) is 0.212. The number of ether oxygens (including phenoxy) is 12. The molecule has 0 amide bonds. The molecule has 0 saturated carbocycles. The zero-order valence-electron chi connectivity index (χ0n) is 46.0. The number of unbranched alkanes of at least 4 members (excludes halogenated alkanes) is 2. The highest BCUT2D eigenvalue weighted by Crippen LogP contribution is 2.34. The topological polar surface area (TPSA) is 247 Å². The molecule has 86 heavy (non-hydrogen) atoms. The molecule has 8 aromatic carbocycles. The minimum Gasteiger partial charge on any atom is -0.463 e. The smallest absolute Gasteiger partial charge is 0.463 e. The molecule has 0 spiro atoms. The quantitative estimate of drug-likeness (QED) is 0.0153. The number of carbonyl (C=O) groups is 8. The van der Waals surface area contributed by atoms with Crippen LogP contribution in [0.5, 0.6) is 23.0 Å². The van der Waals surface area contributed by atoms with E-state index in [0.29, 0.717) is 68.8 Å². The predicted octanol–water partition coefficient (Wildman–Crippen LogP) is 11.3. The van der Waals surface area contributed by atoms with Gasteiger partial charge in [-0.15, -0.1) is 0 Å². The van der Waals surface area contributed by atoms with Crippen molar-refractivity contribution in [3.63, 3.8) is 0 Å². The van der Waals surface area contributed by atoms with Crippen LogP contribution in [0.2, 0.25) is 0 Å². The summed E-state index contributed by atoms with van der Waals surface area (Å²) >= 11 is 0. The molecule has 3 unspecified atom stereocenters. The molecule has 20 heteroatoms. The average Bonchev–Trinajstić information content (AvgIpc) is 2.66. The van der Waals surface area contributed by atoms with Crippen molar-refractivity contribution in [1.29, 1.82) is 0 Å². The van der Waals surface area contributed by atoms with Gasteiger partial charge in [-0.1, -0.05) is 61.7 Å². The fourth-order valence-electron chi connectivity index (χ4n) is 9.47. The van der Waals surface area contributed by atoms with Crippen molar-refractivity contribution in [2.45, 2.75) is 50.1 Å². The van der Waals surface area contributed by atoms with E-state index in [1.165, 1.54) is 0 Å². The summed E-state index contributed by atoms with van der Waals surface area (Å²) in [6.45, 7) is 7.22. The van der Waals surface area contributed by atoms with E-state index in [4.69, 9.17) is 56.8 Å². The second-order valence-electron chi connectivity index (χ2n) is 19.7. The Morgan fingerprint density at radius 1 is 0.360 bits per heavy atom. The Labute approximate surface area is 490 Å². The Bertz CT molecular complexity index is 3710. The number of hydrogen-bond acceptors (Lipinski definition) is 20. The molecule has 0 aromatic heterocycles. The van der Waals surface area contributed by atoms with E-state index in [0.717, 1.165) is 12.2 Å². The number of benzene rings is 8. The summed E-state index contributed by atoms with van der Waals surface area (Å²) in [6, 6.07) is 39.7. The standard InChI is InChI=1S/C66H54O20/c1-3-57(67)75-25-5-7-27-77-65(73)83-53-23-19-41-29-47(13-9-45(41)35-53)61(69)81-51-21-17-39-31-49(15-11-43(39)33-51)63(71)85-55-37-79-60-56(38-80-59(55)60)86-64(72)50-16-12-44-34-52(22-18-40(44)32-50)82-62(70)48-14-10-46-36-54(24-20-42(46)30-48)84-66(74)78-28-8-6-26-76-58(68)4-2/h3-4,9-24,29-36,55-56,59-60H,1-2,5-8,25-28,37-38H2/t55-,56?,59?,60?/m1/s1. The number of hydrogen-bond donors (Lipinski definition) is 0. The van der Waals surface area contributed by atoms with Gasteiger partial charge in [0, 0.05) is 12.2 Å². The maximum atomic E-state index is 13.5. The van der Waals surface area contributed by atoms with Crippen LogP contribution in [-0.2, 0) is 47.5 Å². The van der Waals surface area contributed by atoms with Gasteiger partial charge in [-0.05, 0) is 166 Å². The molecule has 2 saturated heterocycles. The zero-order chi connectivity index (χ0) is 60.1. The van der Waals surface area contributed by atoms with Crippen LogP contribution in [0.25, 0.3) is 43.1 Å². The zero-order valence-corrected chi connectivity index (χ0v) is 46.0. The summed E-state index contributed by atoms with van der Waals surface area (Å²) < 4.78 is 65.7. The highest BCUT2D eigenvalue weighted by molar-refractivity contribution is 6.00. The summed E-state index contributed by atoms with van der Waals surface area (Å²) in [5.41, 5.74) is 1.11. The van der Waals surface area contributed by atoms with Crippen LogP contribution in [0.3, 0.4) is 0 Å². The maximum Gasteiger partial charge on any atom is 0.513 e. The van der Waals surface area contributed by atoms with E-state index in [9.17, 15) is 38.4 Å². The molecule has 0 radical (unpaired) electrons. The Morgan fingerprint density at radius 2 is 0.640 bits per heavy atom. The van der Waals surface area contributed by atoms with Crippen molar-refractivity contribution >= 4 is 91.2 Å². The van der Waals surface area contributed by atoms with Gasteiger partial charge in [0.25, 0.3) is 0 Å². The van der Waals surface area contributed by atoms with Crippen LogP contribution < -0.4 is 18.9 Å². The van der Waals surface area contributed by atoms with Crippen molar-refractivity contribution in [2.75, 3.05) is 39.6 Å². The van der Waals surface area contributed by atoms with E-state index >= 15 is 0 Å². The van der Waals surface area contributed by atoms with Crippen molar-refractivity contribution < 1.29 is 95.2 Å². The first-order valence-electron chi connectivity index (χ1n) is 27.3. The molecular weight excluding hydrogens is 1110 g/mol. The Hall–Kier alpha value is -10.4. The first kappa shape index (κ1) is 58.7. The van der Waals surface area contributed by atoms with E-state index in [-0.39, 0.29) is 84.9 Å². The summed E-state index contributed by atoms with van der Waals surface area (Å²) in [5.74, 6) is -2.41. The normalized spacial score (nSPS) is 15.9. The van der Waals surface area contributed by atoms with Gasteiger partial charge in [-0.25, -0.2) is 38.4 Å². The first-order valence-corrected chi connectivity index (χ1v) is 27.3. The number of fused-ring (bicyclic) bond motifs is 5. The number of carbonyl (C=O) groups excluding carboxylic acids is 8. The molecule has 0 bridgehead atoms. The van der Waals surface area contributed by atoms with Crippen LogP contribution in [0.15, 0.2) is 171 Å². The maximum absolute atomic E-state index is 13.5. The van der Waals surface area contributed by atoms with Crippen molar-refractivity contribution in [1.82, 2.24) is 0 Å². The van der Waals surface area contributed by atoms with Gasteiger partial charge in [0.15, 0.2) is 12.2 Å². The molecular formula is C66H54O20. The summed E-state index contributed by atoms with van der Waals surface area (Å²) in [7, 11) is 0. The van der Waals surface area contributed by atoms with Crippen LogP contribution >= 0.6 is 0 Å². The number of rotatable bonds is 22. The minimum absolute atomic E-state index is 0.0180. The van der Waals surface area contributed by atoms with Crippen LogP contribution in [-0.4, -0.2) is 112 Å². The molecule has 438 valence electrons. The van der Waals surface area contributed by atoms with Crippen LogP contribution in [0.4, 0.5) is 9.59 Å². The number of esters is 6. The van der Waals surface area contributed by atoms with E-state index in [1.807, 2.05) is 0 Å². The van der Waals surface area contributed by atoms with Gasteiger partial charge in [0.2, 0.25) is 0 Å². The Morgan fingerprint density at radius 3 is 0.965 bits per heavy atom. The molecule has 2 aliphatic heterocycles. The molecule has 20 nitrogen and oxygen atoms in total. The van der Waals surface area contributed by atoms with Gasteiger partial charge < -0.3 is 56.8 Å². The van der Waals surface area contributed by atoms with Gasteiger partial charge >= 0.3 is 48.1 Å². The van der Waals surface area contributed by atoms with E-state index < -0.39 is 72.5 Å². The molecule has 2 fully saturated rings. The lowest BCUT2D eigenvalue weighted by atomic mass is 10.1. The fourth-order valence-corrected chi connectivity index (χ4v) is 9.47. The van der Waals surface area contributed by atoms with Gasteiger partial charge in [0.05, 0.1) is 61.9 Å². The van der Waals surface area contributed by atoms with Crippen molar-refractivity contribution in [2.24, 2.45) is 0 Å². The van der Waals surface area contributed by atoms with Crippen LogP contribution in [0, 0.1) is 0 Å². The second-order valence-corrected chi connectivity index (χ2v) is 19.7. The van der Waals surface area contributed by atoms with Gasteiger partial charge in [-0.3, -0.25) is 0 Å². The SMILES string of the molecule is C=CC(=O)OCCCCOC(=O)Oc1ccc2cc(C(=O)Oc3ccc4cc(C(=O)OC5COC6C5OC[C@H]6OC(=O)c5ccc6cc(OC(=O)c7ccc8cc(OC(=O)OCCCCOC(=O)C=C)ccc8c7)ccc6c5)ccc4c3)ccc2c1. The molecule has 2 aliphatic rings. The van der Waals surface area contributed by atoms with E-state index in [2.05, 4.69) is 13.2 Å². The van der Waals surface area contributed by atoms with Gasteiger partial charge in [0.1, 0.15) is 35.2 Å². The van der Waals surface area contributed by atoms with Crippen molar-refractivity contribution in [3.05, 3.63) is 193 Å². The largest absolute Gasteiger partial charge is 0.513 e. The lowest BCUT2D eigenvalue weighted by Gasteiger charge is -2.17. The Kier molecular flexibility index (Phi) is 18.7. The van der Waals surface area contributed by atoms with Crippen LogP contribution in [0.1, 0.15) is 67.1 Å². The minimum atomic E-state index is -0.883. The summed E-state index contributed by atoms with van der Waals surface area (Å²) in [6.07, 6.45) is -0.611. The molecule has 2 heterocycles. The molecule has 8 aromatic rings. The molecule has 10 rings (SSSR count). The Balaban J connectivity index is 0.663.